The van der Waals surface area contributed by atoms with E-state index in [-0.39, 0.29) is 23.2 Å². The molecule has 2 aliphatic heterocycles. The molecule has 2 fully saturated rings. The molecule has 5 nitrogen and oxygen atoms in total. The fraction of sp³-hybridized carbons (Fsp3) is 0.533. The Labute approximate surface area is 215 Å². The molecule has 194 valence electrons. The Hall–Kier alpha value is -2.89. The fourth-order valence-electron chi connectivity index (χ4n) is 6.37. The van der Waals surface area contributed by atoms with E-state index in [1.54, 1.807) is 12.1 Å². The van der Waals surface area contributed by atoms with Crippen molar-refractivity contribution in [2.24, 2.45) is 5.92 Å². The lowest BCUT2D eigenvalue weighted by Gasteiger charge is -2.43. The summed E-state index contributed by atoms with van der Waals surface area (Å²) < 4.78 is 13.8. The second kappa shape index (κ2) is 11.4. The van der Waals surface area contributed by atoms with Gasteiger partial charge in [-0.3, -0.25) is 9.59 Å². The lowest BCUT2D eigenvalue weighted by molar-refractivity contribution is -0.133. The summed E-state index contributed by atoms with van der Waals surface area (Å²) in [6, 6.07) is 16.0. The molecule has 36 heavy (non-hydrogen) atoms. The minimum atomic E-state index is -0.215. The number of unbranched alkanes of at least 4 members (excludes halogenated alkanes) is 2. The molecule has 0 saturated carbocycles. The van der Waals surface area contributed by atoms with Gasteiger partial charge in [-0.1, -0.05) is 36.2 Å². The van der Waals surface area contributed by atoms with Crippen LogP contribution in [0.25, 0.3) is 0 Å². The molecule has 0 bridgehead atoms. The zero-order valence-corrected chi connectivity index (χ0v) is 21.9. The van der Waals surface area contributed by atoms with Crippen molar-refractivity contribution in [2.45, 2.75) is 77.3 Å². The number of hydrogen-bond donors (Lipinski definition) is 1. The molecule has 0 spiro atoms. The van der Waals surface area contributed by atoms with Crippen molar-refractivity contribution in [2.75, 3.05) is 24.5 Å². The van der Waals surface area contributed by atoms with Crippen LogP contribution in [-0.2, 0) is 16.0 Å². The number of anilines is 1. The number of likely N-dealkylation sites (tertiary alicyclic amines) is 1. The van der Waals surface area contributed by atoms with E-state index in [0.29, 0.717) is 24.9 Å². The SMILES string of the molecule is CC(=O)NCCCCCC(=O)N1CC[C@H]2[C@@H](C1)C[C@@](C)(Cc1cccc(C)c1)N2c1ccc(F)cc1. The summed E-state index contributed by atoms with van der Waals surface area (Å²) in [5.41, 5.74) is 3.53. The second-order valence-corrected chi connectivity index (χ2v) is 11.0. The van der Waals surface area contributed by atoms with Gasteiger partial charge >= 0.3 is 0 Å². The number of aryl methyl sites for hydroxylation is 1. The summed E-state index contributed by atoms with van der Waals surface area (Å²) in [5.74, 6) is 0.415. The smallest absolute Gasteiger partial charge is 0.222 e. The lowest BCUT2D eigenvalue weighted by Crippen LogP contribution is -2.51. The summed E-state index contributed by atoms with van der Waals surface area (Å²) in [6.45, 7) is 8.22. The van der Waals surface area contributed by atoms with Crippen molar-refractivity contribution in [1.82, 2.24) is 10.2 Å². The molecule has 2 heterocycles. The number of benzene rings is 2. The zero-order chi connectivity index (χ0) is 25.7. The summed E-state index contributed by atoms with van der Waals surface area (Å²) in [7, 11) is 0. The van der Waals surface area contributed by atoms with Gasteiger partial charge in [-0.2, -0.15) is 0 Å². The third-order valence-corrected chi connectivity index (χ3v) is 7.88. The highest BCUT2D eigenvalue weighted by Gasteiger charge is 2.50. The van der Waals surface area contributed by atoms with Gasteiger partial charge < -0.3 is 15.1 Å². The summed E-state index contributed by atoms with van der Waals surface area (Å²) >= 11 is 0. The highest BCUT2D eigenvalue weighted by Crippen LogP contribution is 2.46. The first-order valence-corrected chi connectivity index (χ1v) is 13.4. The number of amides is 2. The van der Waals surface area contributed by atoms with E-state index in [0.717, 1.165) is 57.3 Å². The number of hydrogen-bond acceptors (Lipinski definition) is 3. The van der Waals surface area contributed by atoms with Crippen LogP contribution in [0.4, 0.5) is 10.1 Å². The molecule has 6 heteroatoms. The maximum Gasteiger partial charge on any atom is 0.222 e. The summed E-state index contributed by atoms with van der Waals surface area (Å²) in [4.78, 5) is 28.6. The van der Waals surface area contributed by atoms with Gasteiger partial charge in [0.1, 0.15) is 5.82 Å². The van der Waals surface area contributed by atoms with Crippen LogP contribution in [0, 0.1) is 18.7 Å². The number of nitrogens with one attached hydrogen (secondary N) is 1. The predicted octanol–water partition coefficient (Wildman–Crippen LogP) is 5.26. The monoisotopic (exact) mass is 493 g/mol. The van der Waals surface area contributed by atoms with Crippen LogP contribution < -0.4 is 10.2 Å². The Morgan fingerprint density at radius 3 is 2.61 bits per heavy atom. The molecule has 0 aromatic heterocycles. The Bertz CT molecular complexity index is 1060. The molecule has 2 amide bonds. The van der Waals surface area contributed by atoms with Crippen molar-refractivity contribution in [3.05, 3.63) is 65.5 Å². The van der Waals surface area contributed by atoms with Gasteiger partial charge in [-0.05, 0) is 81.7 Å². The molecular formula is C30H40FN3O2. The minimum Gasteiger partial charge on any atom is -0.362 e. The van der Waals surface area contributed by atoms with Crippen LogP contribution in [0.15, 0.2) is 48.5 Å². The first kappa shape index (κ1) is 26.2. The summed E-state index contributed by atoms with van der Waals surface area (Å²) in [6.07, 6.45) is 6.13. The van der Waals surface area contributed by atoms with Gasteiger partial charge in [-0.25, -0.2) is 4.39 Å². The van der Waals surface area contributed by atoms with E-state index >= 15 is 0 Å². The molecule has 2 aromatic carbocycles. The molecule has 4 rings (SSSR count). The number of piperidine rings is 1. The quantitative estimate of drug-likeness (QED) is 0.485. The van der Waals surface area contributed by atoms with Crippen LogP contribution in [-0.4, -0.2) is 47.9 Å². The fourth-order valence-corrected chi connectivity index (χ4v) is 6.37. The van der Waals surface area contributed by atoms with Crippen molar-refractivity contribution in [3.8, 4) is 0 Å². The number of carbonyl (C=O) groups is 2. The highest BCUT2D eigenvalue weighted by molar-refractivity contribution is 5.76. The topological polar surface area (TPSA) is 52.7 Å². The van der Waals surface area contributed by atoms with E-state index in [9.17, 15) is 14.0 Å². The van der Waals surface area contributed by atoms with E-state index in [1.807, 2.05) is 12.1 Å². The molecule has 1 N–H and O–H groups in total. The average Bonchev–Trinajstić information content (AvgIpc) is 3.12. The van der Waals surface area contributed by atoms with E-state index in [1.165, 1.54) is 18.1 Å². The Morgan fingerprint density at radius 1 is 1.11 bits per heavy atom. The average molecular weight is 494 g/mol. The third kappa shape index (κ3) is 6.26. The highest BCUT2D eigenvalue weighted by atomic mass is 19.1. The normalized spacial score (nSPS) is 23.4. The van der Waals surface area contributed by atoms with Crippen molar-refractivity contribution < 1.29 is 14.0 Å². The zero-order valence-electron chi connectivity index (χ0n) is 21.9. The molecule has 3 atom stereocenters. The largest absolute Gasteiger partial charge is 0.362 e. The molecular weight excluding hydrogens is 453 g/mol. The van der Waals surface area contributed by atoms with Crippen molar-refractivity contribution in [3.63, 3.8) is 0 Å². The maximum absolute atomic E-state index is 13.8. The number of halogens is 1. The minimum absolute atomic E-state index is 0.00501. The number of fused-ring (bicyclic) bond motifs is 1. The van der Waals surface area contributed by atoms with E-state index < -0.39 is 0 Å². The van der Waals surface area contributed by atoms with Gasteiger partial charge in [0.2, 0.25) is 11.8 Å². The van der Waals surface area contributed by atoms with Crippen LogP contribution in [0.3, 0.4) is 0 Å². The number of nitrogens with zero attached hydrogens (tertiary/aromatic N) is 2. The maximum atomic E-state index is 13.8. The number of rotatable bonds is 9. The van der Waals surface area contributed by atoms with E-state index in [4.69, 9.17) is 0 Å². The van der Waals surface area contributed by atoms with Gasteiger partial charge in [0.25, 0.3) is 0 Å². The van der Waals surface area contributed by atoms with Crippen LogP contribution in [0.2, 0.25) is 0 Å². The molecule has 2 aliphatic rings. The Kier molecular flexibility index (Phi) is 8.32. The summed E-state index contributed by atoms with van der Waals surface area (Å²) in [5, 5.41) is 2.81. The van der Waals surface area contributed by atoms with Gasteiger partial charge in [0.15, 0.2) is 0 Å². The van der Waals surface area contributed by atoms with Crippen LogP contribution >= 0.6 is 0 Å². The van der Waals surface area contributed by atoms with Gasteiger partial charge in [0.05, 0.1) is 0 Å². The van der Waals surface area contributed by atoms with E-state index in [2.05, 4.69) is 53.2 Å². The Balaban J connectivity index is 1.44. The van der Waals surface area contributed by atoms with Gasteiger partial charge in [0, 0.05) is 50.2 Å². The third-order valence-electron chi connectivity index (χ3n) is 7.88. The van der Waals surface area contributed by atoms with Crippen molar-refractivity contribution in [1.29, 1.82) is 0 Å². The molecule has 2 saturated heterocycles. The lowest BCUT2D eigenvalue weighted by atomic mass is 9.85. The van der Waals surface area contributed by atoms with Crippen LogP contribution in [0.5, 0.6) is 0 Å². The van der Waals surface area contributed by atoms with Crippen molar-refractivity contribution >= 4 is 17.5 Å². The molecule has 2 aromatic rings. The van der Waals surface area contributed by atoms with Gasteiger partial charge in [-0.15, -0.1) is 0 Å². The predicted molar refractivity (Wildman–Crippen MR) is 142 cm³/mol. The standard InChI is InChI=1S/C30H40FN3O2/c1-22-8-7-9-24(18-22)19-30(3)20-25-21-33(29(36)10-5-4-6-16-32-23(2)35)17-15-28(25)34(30)27-13-11-26(31)12-14-27/h7-9,11-14,18,25,28H,4-6,10,15-17,19-21H2,1-3H3,(H,32,35)/t25-,28+,30-/m1/s1. The first-order chi connectivity index (χ1) is 17.2. The molecule has 0 radical (unpaired) electrons. The Morgan fingerprint density at radius 2 is 1.89 bits per heavy atom. The molecule has 0 aliphatic carbocycles. The first-order valence-electron chi connectivity index (χ1n) is 13.4. The molecule has 0 unspecified atom stereocenters. The number of carbonyl (C=O) groups excluding carboxylic acids is 2. The second-order valence-electron chi connectivity index (χ2n) is 11.0. The van der Waals surface area contributed by atoms with Crippen LogP contribution in [0.1, 0.15) is 63.5 Å².